The Kier molecular flexibility index (Phi) is 5.82. The van der Waals surface area contributed by atoms with Crippen LogP contribution in [0.1, 0.15) is 36.3 Å². The van der Waals surface area contributed by atoms with Gasteiger partial charge in [-0.2, -0.15) is 8.78 Å². The van der Waals surface area contributed by atoms with E-state index in [-0.39, 0.29) is 18.0 Å². The molecule has 0 bridgehead atoms. The van der Waals surface area contributed by atoms with Crippen molar-refractivity contribution >= 4 is 22.5 Å². The van der Waals surface area contributed by atoms with E-state index in [1.165, 1.54) is 17.4 Å². The van der Waals surface area contributed by atoms with Gasteiger partial charge in [-0.15, -0.1) is 10.2 Å². The maximum absolute atomic E-state index is 12.4. The molecule has 1 heterocycles. The largest absolute Gasteiger partial charge is 0.490 e. The highest BCUT2D eigenvalue weighted by molar-refractivity contribution is 7.15. The first-order valence-corrected chi connectivity index (χ1v) is 8.95. The van der Waals surface area contributed by atoms with Gasteiger partial charge in [-0.3, -0.25) is 5.32 Å². The number of alkyl halides is 2. The summed E-state index contributed by atoms with van der Waals surface area (Å²) >= 11 is 1.37. The maximum Gasteiger partial charge on any atom is 0.387 e. The fraction of sp³-hybridized carbons (Fsp3) is 0.438. The summed E-state index contributed by atoms with van der Waals surface area (Å²) in [6.07, 6.45) is 2.24. The van der Waals surface area contributed by atoms with Crippen LogP contribution in [-0.2, 0) is 6.54 Å². The van der Waals surface area contributed by atoms with Gasteiger partial charge in [0.05, 0.1) is 6.61 Å². The molecule has 2 N–H and O–H groups in total. The van der Waals surface area contributed by atoms with Crippen LogP contribution in [0.5, 0.6) is 11.5 Å². The van der Waals surface area contributed by atoms with Crippen LogP contribution in [0.25, 0.3) is 0 Å². The Labute approximate surface area is 152 Å². The predicted molar refractivity (Wildman–Crippen MR) is 92.0 cm³/mol. The van der Waals surface area contributed by atoms with Crippen molar-refractivity contribution in [1.29, 1.82) is 0 Å². The van der Waals surface area contributed by atoms with Crippen LogP contribution in [0.2, 0.25) is 0 Å². The number of aromatic nitrogens is 2. The summed E-state index contributed by atoms with van der Waals surface area (Å²) in [5.74, 6) is 0.638. The minimum atomic E-state index is -2.93. The first-order valence-electron chi connectivity index (χ1n) is 8.14. The van der Waals surface area contributed by atoms with Crippen molar-refractivity contribution in [3.63, 3.8) is 0 Å². The number of nitrogens with zero attached hydrogens (tertiary/aromatic N) is 2. The van der Waals surface area contributed by atoms with Crippen molar-refractivity contribution in [2.75, 3.05) is 11.9 Å². The van der Waals surface area contributed by atoms with Gasteiger partial charge in [0.15, 0.2) is 11.5 Å². The lowest BCUT2D eigenvalue weighted by Crippen LogP contribution is -2.28. The number of nitrogens with one attached hydrogen (secondary N) is 2. The Hall–Kier alpha value is -2.49. The molecule has 0 saturated heterocycles. The maximum atomic E-state index is 12.4. The Balaban J connectivity index is 1.55. The smallest absolute Gasteiger partial charge is 0.387 e. The second kappa shape index (κ2) is 8.26. The molecule has 1 fully saturated rings. The molecule has 1 aliphatic rings. The summed E-state index contributed by atoms with van der Waals surface area (Å²) in [6, 6.07) is 4.10. The molecule has 0 atom stereocenters. The van der Waals surface area contributed by atoms with Crippen LogP contribution in [0.15, 0.2) is 18.2 Å². The Morgan fingerprint density at radius 2 is 2.15 bits per heavy atom. The summed E-state index contributed by atoms with van der Waals surface area (Å²) in [6.45, 7) is -0.703. The van der Waals surface area contributed by atoms with Crippen LogP contribution in [0.4, 0.5) is 18.7 Å². The van der Waals surface area contributed by atoms with E-state index >= 15 is 0 Å². The zero-order chi connectivity index (χ0) is 18.5. The summed E-state index contributed by atoms with van der Waals surface area (Å²) in [5.41, 5.74) is 0.682. The molecular formula is C16H18F2N4O3S. The molecule has 1 aliphatic carbocycles. The van der Waals surface area contributed by atoms with Crippen molar-refractivity contribution in [3.8, 4) is 11.5 Å². The van der Waals surface area contributed by atoms with Crippen molar-refractivity contribution in [2.45, 2.75) is 38.8 Å². The molecule has 1 aromatic carbocycles. The van der Waals surface area contributed by atoms with Crippen LogP contribution in [0, 0.1) is 0 Å². The zero-order valence-electron chi connectivity index (χ0n) is 14.0. The Morgan fingerprint density at radius 1 is 1.35 bits per heavy atom. The molecule has 26 heavy (non-hydrogen) atoms. The van der Waals surface area contributed by atoms with Gasteiger partial charge in [0.1, 0.15) is 5.01 Å². The predicted octanol–water partition coefficient (Wildman–Crippen LogP) is 3.74. The molecule has 140 valence electrons. The summed E-state index contributed by atoms with van der Waals surface area (Å²) < 4.78 is 34.5. The van der Waals surface area contributed by atoms with Gasteiger partial charge in [-0.25, -0.2) is 4.79 Å². The van der Waals surface area contributed by atoms with Gasteiger partial charge in [-0.05, 0) is 37.5 Å². The average Bonchev–Trinajstić information content (AvgIpc) is 3.35. The molecule has 0 spiro atoms. The van der Waals surface area contributed by atoms with Crippen LogP contribution >= 0.6 is 11.3 Å². The molecule has 0 aliphatic heterocycles. The third-order valence-electron chi connectivity index (χ3n) is 3.56. The van der Waals surface area contributed by atoms with E-state index in [0.29, 0.717) is 23.2 Å². The van der Waals surface area contributed by atoms with E-state index in [1.807, 2.05) is 0 Å². The van der Waals surface area contributed by atoms with Crippen molar-refractivity contribution in [1.82, 2.24) is 15.5 Å². The van der Waals surface area contributed by atoms with Crippen LogP contribution < -0.4 is 20.1 Å². The second-order valence-corrected chi connectivity index (χ2v) is 6.63. The molecule has 1 aromatic heterocycles. The fourth-order valence-electron chi connectivity index (χ4n) is 2.23. The van der Waals surface area contributed by atoms with E-state index < -0.39 is 12.6 Å². The highest BCUT2D eigenvalue weighted by Gasteiger charge is 2.27. The molecule has 2 aromatic rings. The van der Waals surface area contributed by atoms with Gasteiger partial charge in [0, 0.05) is 12.5 Å². The van der Waals surface area contributed by atoms with Gasteiger partial charge in [0.25, 0.3) is 0 Å². The molecule has 0 radical (unpaired) electrons. The zero-order valence-corrected chi connectivity index (χ0v) is 14.8. The highest BCUT2D eigenvalue weighted by atomic mass is 32.1. The van der Waals surface area contributed by atoms with Gasteiger partial charge < -0.3 is 14.8 Å². The number of anilines is 1. The van der Waals surface area contributed by atoms with E-state index in [4.69, 9.17) is 4.74 Å². The fourth-order valence-corrected chi connectivity index (χ4v) is 3.14. The quantitative estimate of drug-likeness (QED) is 0.724. The van der Waals surface area contributed by atoms with Gasteiger partial charge in [0.2, 0.25) is 5.13 Å². The average molecular weight is 384 g/mol. The summed E-state index contributed by atoms with van der Waals surface area (Å²) in [5, 5.41) is 14.7. The van der Waals surface area contributed by atoms with Crippen molar-refractivity contribution < 1.29 is 23.0 Å². The standard InChI is InChI=1S/C16H18F2N4O3S/c1-2-24-12-7-9(3-6-11(12)25-14(17)18)8-19-15(23)20-16-22-21-13(26-16)10-4-5-10/h3,6-7,10,14H,2,4-5,8H2,1H3,(H2,19,20,22,23). The second-order valence-electron chi connectivity index (χ2n) is 5.62. The third kappa shape index (κ3) is 5.01. The van der Waals surface area contributed by atoms with Gasteiger partial charge >= 0.3 is 12.6 Å². The lowest BCUT2D eigenvalue weighted by Gasteiger charge is -2.13. The third-order valence-corrected chi connectivity index (χ3v) is 4.57. The van der Waals surface area contributed by atoms with Crippen molar-refractivity contribution in [2.24, 2.45) is 0 Å². The van der Waals surface area contributed by atoms with Gasteiger partial charge in [-0.1, -0.05) is 17.4 Å². The first-order chi connectivity index (χ1) is 12.5. The molecule has 2 amide bonds. The van der Waals surface area contributed by atoms with Crippen molar-refractivity contribution in [3.05, 3.63) is 28.8 Å². The Bertz CT molecular complexity index is 768. The minimum absolute atomic E-state index is 0.0449. The SMILES string of the molecule is CCOc1cc(CNC(=O)Nc2nnc(C3CC3)s2)ccc1OC(F)F. The Morgan fingerprint density at radius 3 is 2.85 bits per heavy atom. The number of ether oxygens (including phenoxy) is 2. The van der Waals surface area contributed by atoms with E-state index in [1.54, 1.807) is 19.1 Å². The topological polar surface area (TPSA) is 85.4 Å². The molecule has 7 nitrogen and oxygen atoms in total. The first kappa shape index (κ1) is 18.3. The lowest BCUT2D eigenvalue weighted by atomic mass is 10.2. The lowest BCUT2D eigenvalue weighted by molar-refractivity contribution is -0.0514. The number of carbonyl (C=O) groups excluding carboxylic acids is 1. The van der Waals surface area contributed by atoms with Crippen LogP contribution in [-0.4, -0.2) is 29.4 Å². The summed E-state index contributed by atoms with van der Waals surface area (Å²) in [7, 11) is 0. The molecule has 1 saturated carbocycles. The number of benzene rings is 1. The molecule has 3 rings (SSSR count). The highest BCUT2D eigenvalue weighted by Crippen LogP contribution is 2.42. The minimum Gasteiger partial charge on any atom is -0.490 e. The van der Waals surface area contributed by atoms with E-state index in [9.17, 15) is 13.6 Å². The number of hydrogen-bond acceptors (Lipinski definition) is 6. The number of amides is 2. The number of halogens is 2. The number of rotatable bonds is 8. The summed E-state index contributed by atoms with van der Waals surface area (Å²) in [4.78, 5) is 12.0. The normalized spacial score (nSPS) is 13.5. The van der Waals surface area contributed by atoms with E-state index in [0.717, 1.165) is 17.8 Å². The van der Waals surface area contributed by atoms with Crippen LogP contribution in [0.3, 0.4) is 0 Å². The number of urea groups is 1. The number of carbonyl (C=O) groups is 1. The number of hydrogen-bond donors (Lipinski definition) is 2. The molecule has 10 heteroatoms. The monoisotopic (exact) mass is 384 g/mol. The molecule has 0 unspecified atom stereocenters. The van der Waals surface area contributed by atoms with E-state index in [2.05, 4.69) is 25.6 Å². The molecular weight excluding hydrogens is 366 g/mol.